The standard InChI is InChI=1S/C18H17ClFN3O2/c1-11-15(19)6-3-7-16(11)22-18(25)21-13-9-17(24)23(10-13)14-5-2-4-12(20)8-14/h2-8,13H,9-10H2,1H3,(H2,21,22,25). The zero-order valence-corrected chi connectivity index (χ0v) is 14.3. The van der Waals surface area contributed by atoms with Gasteiger partial charge in [-0.1, -0.05) is 23.7 Å². The minimum absolute atomic E-state index is 0.158. The molecule has 130 valence electrons. The molecule has 1 saturated heterocycles. The summed E-state index contributed by atoms with van der Waals surface area (Å²) in [6.45, 7) is 2.10. The summed E-state index contributed by atoms with van der Waals surface area (Å²) in [5, 5.41) is 6.06. The van der Waals surface area contributed by atoms with E-state index in [1.165, 1.54) is 17.0 Å². The molecule has 2 N–H and O–H groups in total. The molecule has 1 aliphatic rings. The summed E-state index contributed by atoms with van der Waals surface area (Å²) in [6.07, 6.45) is 0.165. The van der Waals surface area contributed by atoms with Crippen molar-refractivity contribution in [2.24, 2.45) is 0 Å². The number of anilines is 2. The van der Waals surface area contributed by atoms with Crippen LogP contribution in [-0.4, -0.2) is 24.5 Å². The molecule has 0 aromatic heterocycles. The Hall–Kier alpha value is -2.60. The van der Waals surface area contributed by atoms with Gasteiger partial charge in [0.05, 0.1) is 6.04 Å². The predicted octanol–water partition coefficient (Wildman–Crippen LogP) is 3.71. The Labute approximate surface area is 149 Å². The normalized spacial score (nSPS) is 16.8. The molecular formula is C18H17ClFN3O2. The second-order valence-corrected chi connectivity index (χ2v) is 6.30. The van der Waals surface area contributed by atoms with Crippen molar-refractivity contribution in [3.05, 3.63) is 58.9 Å². The van der Waals surface area contributed by atoms with Gasteiger partial charge in [-0.3, -0.25) is 4.79 Å². The maximum atomic E-state index is 13.3. The smallest absolute Gasteiger partial charge is 0.319 e. The molecule has 0 aliphatic carbocycles. The van der Waals surface area contributed by atoms with Gasteiger partial charge in [-0.15, -0.1) is 0 Å². The lowest BCUT2D eigenvalue weighted by Crippen LogP contribution is -2.39. The van der Waals surface area contributed by atoms with E-state index in [-0.39, 0.29) is 18.4 Å². The van der Waals surface area contributed by atoms with Gasteiger partial charge in [-0.2, -0.15) is 0 Å². The predicted molar refractivity (Wildman–Crippen MR) is 95.5 cm³/mol. The van der Waals surface area contributed by atoms with Gasteiger partial charge in [0.1, 0.15) is 5.82 Å². The summed E-state index contributed by atoms with van der Waals surface area (Å²) in [6, 6.07) is 10.3. The highest BCUT2D eigenvalue weighted by molar-refractivity contribution is 6.31. The minimum Gasteiger partial charge on any atom is -0.333 e. The largest absolute Gasteiger partial charge is 0.333 e. The second kappa shape index (κ2) is 7.11. The van der Waals surface area contributed by atoms with E-state index in [0.717, 1.165) is 5.56 Å². The lowest BCUT2D eigenvalue weighted by molar-refractivity contribution is -0.117. The maximum Gasteiger partial charge on any atom is 0.319 e. The van der Waals surface area contributed by atoms with Gasteiger partial charge in [0.15, 0.2) is 0 Å². The monoisotopic (exact) mass is 361 g/mol. The van der Waals surface area contributed by atoms with E-state index in [1.807, 2.05) is 6.92 Å². The number of nitrogens with one attached hydrogen (secondary N) is 2. The number of hydrogen-bond donors (Lipinski definition) is 2. The Morgan fingerprint density at radius 2 is 2.04 bits per heavy atom. The molecule has 25 heavy (non-hydrogen) atoms. The summed E-state index contributed by atoms with van der Waals surface area (Å²) in [5.41, 5.74) is 1.86. The fourth-order valence-electron chi connectivity index (χ4n) is 2.78. The van der Waals surface area contributed by atoms with Gasteiger partial charge in [-0.05, 0) is 42.8 Å². The number of carbonyl (C=O) groups excluding carboxylic acids is 2. The number of urea groups is 1. The minimum atomic E-state index is -0.413. The Bertz CT molecular complexity index is 828. The second-order valence-electron chi connectivity index (χ2n) is 5.90. The molecule has 1 atom stereocenters. The molecule has 1 aliphatic heterocycles. The number of benzene rings is 2. The summed E-state index contributed by atoms with van der Waals surface area (Å²) in [4.78, 5) is 25.8. The summed E-state index contributed by atoms with van der Waals surface area (Å²) in [7, 11) is 0. The van der Waals surface area contributed by atoms with E-state index in [9.17, 15) is 14.0 Å². The van der Waals surface area contributed by atoms with E-state index in [4.69, 9.17) is 11.6 Å². The van der Waals surface area contributed by atoms with E-state index in [0.29, 0.717) is 22.9 Å². The molecule has 1 heterocycles. The summed E-state index contributed by atoms with van der Waals surface area (Å²) >= 11 is 6.03. The van der Waals surface area contributed by atoms with Gasteiger partial charge < -0.3 is 15.5 Å². The molecule has 7 heteroatoms. The third kappa shape index (κ3) is 3.91. The first kappa shape index (κ1) is 17.2. The molecule has 3 rings (SSSR count). The summed E-state index contributed by atoms with van der Waals surface area (Å²) < 4.78 is 13.3. The molecule has 0 spiro atoms. The molecule has 1 unspecified atom stereocenters. The maximum absolute atomic E-state index is 13.3. The van der Waals surface area contributed by atoms with Gasteiger partial charge in [0.2, 0.25) is 5.91 Å². The van der Waals surface area contributed by atoms with Crippen LogP contribution in [0.3, 0.4) is 0 Å². The SMILES string of the molecule is Cc1c(Cl)cccc1NC(=O)NC1CC(=O)N(c2cccc(F)c2)C1. The zero-order valence-electron chi connectivity index (χ0n) is 13.6. The fraction of sp³-hybridized carbons (Fsp3) is 0.222. The first-order valence-electron chi connectivity index (χ1n) is 7.82. The Kier molecular flexibility index (Phi) is 4.90. The fourth-order valence-corrected chi connectivity index (χ4v) is 2.96. The molecular weight excluding hydrogens is 345 g/mol. The lowest BCUT2D eigenvalue weighted by atomic mass is 10.2. The third-order valence-electron chi connectivity index (χ3n) is 4.10. The van der Waals surface area contributed by atoms with Crippen LogP contribution in [0.4, 0.5) is 20.6 Å². The molecule has 5 nitrogen and oxygen atoms in total. The highest BCUT2D eigenvalue weighted by Gasteiger charge is 2.31. The van der Waals surface area contributed by atoms with Crippen LogP contribution in [0.15, 0.2) is 42.5 Å². The number of hydrogen-bond acceptors (Lipinski definition) is 2. The lowest BCUT2D eigenvalue weighted by Gasteiger charge is -2.18. The Balaban J connectivity index is 1.63. The topological polar surface area (TPSA) is 61.4 Å². The molecule has 2 aromatic carbocycles. The number of carbonyl (C=O) groups is 2. The van der Waals surface area contributed by atoms with Crippen LogP contribution in [0.2, 0.25) is 5.02 Å². The Morgan fingerprint density at radius 1 is 1.28 bits per heavy atom. The highest BCUT2D eigenvalue weighted by Crippen LogP contribution is 2.24. The number of halogens is 2. The van der Waals surface area contributed by atoms with Crippen LogP contribution in [0.1, 0.15) is 12.0 Å². The molecule has 0 radical (unpaired) electrons. The quantitative estimate of drug-likeness (QED) is 0.875. The van der Waals surface area contributed by atoms with Crippen LogP contribution in [0.25, 0.3) is 0 Å². The van der Waals surface area contributed by atoms with Gasteiger partial charge >= 0.3 is 6.03 Å². The first-order chi connectivity index (χ1) is 11.9. The van der Waals surface area contributed by atoms with Gasteiger partial charge in [0, 0.05) is 29.4 Å². The van der Waals surface area contributed by atoms with Crippen molar-refractivity contribution in [2.75, 3.05) is 16.8 Å². The van der Waals surface area contributed by atoms with Crippen molar-refractivity contribution < 1.29 is 14.0 Å². The van der Waals surface area contributed by atoms with Crippen molar-refractivity contribution in [3.63, 3.8) is 0 Å². The summed E-state index contributed by atoms with van der Waals surface area (Å²) in [5.74, 6) is -0.564. The number of nitrogens with zero attached hydrogens (tertiary/aromatic N) is 1. The molecule has 0 saturated carbocycles. The number of rotatable bonds is 3. The van der Waals surface area contributed by atoms with Gasteiger partial charge in [-0.25, -0.2) is 9.18 Å². The van der Waals surface area contributed by atoms with Crippen molar-refractivity contribution in [1.82, 2.24) is 5.32 Å². The molecule has 3 amide bonds. The average molecular weight is 362 g/mol. The molecule has 2 aromatic rings. The van der Waals surface area contributed by atoms with Crippen LogP contribution < -0.4 is 15.5 Å². The zero-order chi connectivity index (χ0) is 18.0. The van der Waals surface area contributed by atoms with Crippen LogP contribution in [-0.2, 0) is 4.79 Å². The van der Waals surface area contributed by atoms with Crippen molar-refractivity contribution in [2.45, 2.75) is 19.4 Å². The average Bonchev–Trinajstić information content (AvgIpc) is 2.92. The van der Waals surface area contributed by atoms with Crippen LogP contribution in [0, 0.1) is 12.7 Å². The third-order valence-corrected chi connectivity index (χ3v) is 4.51. The first-order valence-corrected chi connectivity index (χ1v) is 8.20. The van der Waals surface area contributed by atoms with E-state index < -0.39 is 11.8 Å². The molecule has 1 fully saturated rings. The van der Waals surface area contributed by atoms with E-state index >= 15 is 0 Å². The number of amides is 3. The van der Waals surface area contributed by atoms with Crippen molar-refractivity contribution in [1.29, 1.82) is 0 Å². The van der Waals surface area contributed by atoms with Crippen LogP contribution in [0.5, 0.6) is 0 Å². The van der Waals surface area contributed by atoms with Crippen molar-refractivity contribution >= 4 is 34.9 Å². The van der Waals surface area contributed by atoms with E-state index in [1.54, 1.807) is 30.3 Å². The van der Waals surface area contributed by atoms with E-state index in [2.05, 4.69) is 10.6 Å². The van der Waals surface area contributed by atoms with Crippen molar-refractivity contribution in [3.8, 4) is 0 Å². The molecule has 0 bridgehead atoms. The highest BCUT2D eigenvalue weighted by atomic mass is 35.5. The van der Waals surface area contributed by atoms with Gasteiger partial charge in [0.25, 0.3) is 0 Å². The Morgan fingerprint density at radius 3 is 2.80 bits per heavy atom. The van der Waals surface area contributed by atoms with Crippen LogP contribution >= 0.6 is 11.6 Å².